The average Bonchev–Trinajstić information content (AvgIpc) is 3.15. The number of Topliss-reactive ketones (excluding diaryl/α,β-unsaturated/α-hetero) is 1. The number of ketones is 1. The highest BCUT2D eigenvalue weighted by molar-refractivity contribution is 7.13. The van der Waals surface area contributed by atoms with Crippen LogP contribution in [-0.4, -0.2) is 23.3 Å². The predicted octanol–water partition coefficient (Wildman–Crippen LogP) is 3.79. The molecule has 0 saturated heterocycles. The number of carbonyl (C=O) groups is 2. The van der Waals surface area contributed by atoms with Gasteiger partial charge in [-0.3, -0.25) is 4.79 Å². The fourth-order valence-corrected chi connectivity index (χ4v) is 2.81. The minimum atomic E-state index is -0.603. The third kappa shape index (κ3) is 4.74. The van der Waals surface area contributed by atoms with Gasteiger partial charge in [0.05, 0.1) is 0 Å². The van der Waals surface area contributed by atoms with Crippen molar-refractivity contribution < 1.29 is 14.3 Å². The van der Waals surface area contributed by atoms with E-state index in [0.717, 1.165) is 5.56 Å². The summed E-state index contributed by atoms with van der Waals surface area (Å²) in [5.41, 5.74) is 1.83. The molecule has 0 aliphatic carbocycles. The molecule has 1 N–H and O–H groups in total. The number of carbonyl (C=O) groups excluding carboxylic acids is 2. The van der Waals surface area contributed by atoms with E-state index >= 15 is 0 Å². The van der Waals surface area contributed by atoms with Crippen LogP contribution in [0.3, 0.4) is 0 Å². The van der Waals surface area contributed by atoms with E-state index in [4.69, 9.17) is 4.74 Å². The van der Waals surface area contributed by atoms with Gasteiger partial charge in [0, 0.05) is 17.5 Å². The van der Waals surface area contributed by atoms with Gasteiger partial charge in [0.1, 0.15) is 0 Å². The molecular weight excluding hydrogens is 336 g/mol. The summed E-state index contributed by atoms with van der Waals surface area (Å²) in [6, 6.07) is 18.6. The third-order valence-electron chi connectivity index (χ3n) is 3.43. The first-order valence-electron chi connectivity index (χ1n) is 7.71. The van der Waals surface area contributed by atoms with Crippen LogP contribution in [0.15, 0.2) is 66.0 Å². The second kappa shape index (κ2) is 8.21. The van der Waals surface area contributed by atoms with Crippen LogP contribution in [-0.2, 0) is 11.3 Å². The van der Waals surface area contributed by atoms with E-state index in [9.17, 15) is 9.59 Å². The van der Waals surface area contributed by atoms with E-state index in [1.54, 1.807) is 29.6 Å². The number of rotatable bonds is 7. The van der Waals surface area contributed by atoms with Crippen molar-refractivity contribution in [1.29, 1.82) is 0 Å². The second-order valence-corrected chi connectivity index (χ2v) is 6.10. The Bertz CT molecular complexity index is 847. The van der Waals surface area contributed by atoms with Crippen LogP contribution >= 0.6 is 11.3 Å². The molecule has 0 unspecified atom stereocenters. The van der Waals surface area contributed by atoms with Crippen molar-refractivity contribution in [2.75, 3.05) is 11.9 Å². The van der Waals surface area contributed by atoms with Gasteiger partial charge in [0.25, 0.3) is 0 Å². The Morgan fingerprint density at radius 2 is 1.68 bits per heavy atom. The topological polar surface area (TPSA) is 68.3 Å². The van der Waals surface area contributed by atoms with Crippen molar-refractivity contribution >= 4 is 28.2 Å². The number of hydrogen-bond acceptors (Lipinski definition) is 6. The molecule has 0 aliphatic heterocycles. The largest absolute Gasteiger partial charge is 0.453 e. The van der Waals surface area contributed by atoms with Gasteiger partial charge in [-0.05, 0) is 5.56 Å². The molecule has 0 radical (unpaired) electrons. The van der Waals surface area contributed by atoms with Gasteiger partial charge in [-0.15, -0.1) is 11.3 Å². The number of benzene rings is 2. The van der Waals surface area contributed by atoms with Gasteiger partial charge < -0.3 is 10.1 Å². The molecule has 5 nitrogen and oxygen atoms in total. The lowest BCUT2D eigenvalue weighted by atomic mass is 10.1. The van der Waals surface area contributed by atoms with Gasteiger partial charge in [-0.2, -0.15) is 0 Å². The number of esters is 1. The van der Waals surface area contributed by atoms with E-state index in [1.807, 2.05) is 36.4 Å². The molecular formula is C19H16N2O3S. The van der Waals surface area contributed by atoms with Crippen molar-refractivity contribution in [2.45, 2.75) is 6.54 Å². The molecule has 1 aromatic heterocycles. The number of aromatic nitrogens is 1. The zero-order valence-corrected chi connectivity index (χ0v) is 14.2. The first kappa shape index (κ1) is 16.9. The molecule has 0 fully saturated rings. The van der Waals surface area contributed by atoms with Crippen molar-refractivity contribution in [1.82, 2.24) is 4.98 Å². The summed E-state index contributed by atoms with van der Waals surface area (Å²) >= 11 is 1.32. The monoisotopic (exact) mass is 352 g/mol. The van der Waals surface area contributed by atoms with Crippen LogP contribution in [0.1, 0.15) is 26.4 Å². The number of nitrogens with one attached hydrogen (secondary N) is 1. The van der Waals surface area contributed by atoms with Gasteiger partial charge >= 0.3 is 5.97 Å². The summed E-state index contributed by atoms with van der Waals surface area (Å²) in [7, 11) is 0. The first-order valence-corrected chi connectivity index (χ1v) is 8.59. The summed E-state index contributed by atoms with van der Waals surface area (Å²) in [4.78, 5) is 28.1. The van der Waals surface area contributed by atoms with E-state index in [-0.39, 0.29) is 18.1 Å². The highest BCUT2D eigenvalue weighted by Crippen LogP contribution is 2.17. The Balaban J connectivity index is 1.51. The standard InChI is InChI=1S/C19H16N2O3S/c22-17(15-9-5-2-6-10-15)12-24-18(23)16-13-25-19(21-16)20-11-14-7-3-1-4-8-14/h1-10,13H,11-12H2,(H,20,21). The fourth-order valence-electron chi connectivity index (χ4n) is 2.13. The summed E-state index contributed by atoms with van der Waals surface area (Å²) < 4.78 is 5.05. The van der Waals surface area contributed by atoms with E-state index in [2.05, 4.69) is 10.3 Å². The predicted molar refractivity (Wildman–Crippen MR) is 96.9 cm³/mol. The van der Waals surface area contributed by atoms with E-state index in [0.29, 0.717) is 17.2 Å². The summed E-state index contributed by atoms with van der Waals surface area (Å²) in [6.07, 6.45) is 0. The summed E-state index contributed by atoms with van der Waals surface area (Å²) in [5, 5.41) is 5.40. The van der Waals surface area contributed by atoms with Crippen LogP contribution in [0.5, 0.6) is 0 Å². The second-order valence-electron chi connectivity index (χ2n) is 5.24. The number of nitrogens with zero attached hydrogens (tertiary/aromatic N) is 1. The molecule has 0 atom stereocenters. The maximum atomic E-state index is 12.0. The van der Waals surface area contributed by atoms with Gasteiger partial charge in [-0.25, -0.2) is 9.78 Å². The molecule has 0 aliphatic rings. The van der Waals surface area contributed by atoms with Gasteiger partial charge in [0.2, 0.25) is 0 Å². The molecule has 126 valence electrons. The maximum Gasteiger partial charge on any atom is 0.358 e. The Labute approximate surface area is 149 Å². The number of hydrogen-bond donors (Lipinski definition) is 1. The molecule has 6 heteroatoms. The molecule has 3 aromatic rings. The normalized spacial score (nSPS) is 10.2. The number of anilines is 1. The summed E-state index contributed by atoms with van der Waals surface area (Å²) in [6.45, 7) is 0.322. The molecule has 25 heavy (non-hydrogen) atoms. The Hall–Kier alpha value is -2.99. The van der Waals surface area contributed by atoms with Crippen LogP contribution < -0.4 is 5.32 Å². The van der Waals surface area contributed by atoms with Crippen molar-refractivity contribution in [3.63, 3.8) is 0 Å². The summed E-state index contributed by atoms with van der Waals surface area (Å²) in [5.74, 6) is -0.847. The van der Waals surface area contributed by atoms with E-state index in [1.165, 1.54) is 11.3 Å². The molecule has 0 bridgehead atoms. The Kier molecular flexibility index (Phi) is 5.53. The zero-order chi connectivity index (χ0) is 17.5. The number of ether oxygens (including phenoxy) is 1. The Morgan fingerprint density at radius 3 is 2.40 bits per heavy atom. The van der Waals surface area contributed by atoms with Crippen molar-refractivity contribution in [2.24, 2.45) is 0 Å². The highest BCUT2D eigenvalue weighted by atomic mass is 32.1. The Morgan fingerprint density at radius 1 is 1.00 bits per heavy atom. The molecule has 2 aromatic carbocycles. The van der Waals surface area contributed by atoms with Crippen LogP contribution in [0.2, 0.25) is 0 Å². The maximum absolute atomic E-state index is 12.0. The van der Waals surface area contributed by atoms with Crippen LogP contribution in [0.25, 0.3) is 0 Å². The number of thiazole rings is 1. The lowest BCUT2D eigenvalue weighted by molar-refractivity contribution is 0.0470. The van der Waals surface area contributed by atoms with Crippen LogP contribution in [0.4, 0.5) is 5.13 Å². The van der Waals surface area contributed by atoms with Crippen molar-refractivity contribution in [3.05, 3.63) is 82.9 Å². The zero-order valence-electron chi connectivity index (χ0n) is 13.3. The molecule has 0 amide bonds. The van der Waals surface area contributed by atoms with E-state index < -0.39 is 5.97 Å². The SMILES string of the molecule is O=C(COC(=O)c1csc(NCc2ccccc2)n1)c1ccccc1. The fraction of sp³-hybridized carbons (Fsp3) is 0.105. The van der Waals surface area contributed by atoms with Crippen molar-refractivity contribution in [3.8, 4) is 0 Å². The van der Waals surface area contributed by atoms with Gasteiger partial charge in [-0.1, -0.05) is 60.7 Å². The van der Waals surface area contributed by atoms with Gasteiger partial charge in [0.15, 0.2) is 23.2 Å². The first-order chi connectivity index (χ1) is 12.2. The average molecular weight is 352 g/mol. The molecule has 0 spiro atoms. The third-order valence-corrected chi connectivity index (χ3v) is 4.23. The molecule has 0 saturated carbocycles. The molecule has 1 heterocycles. The lowest BCUT2D eigenvalue weighted by Crippen LogP contribution is -2.14. The quantitative estimate of drug-likeness (QED) is 0.517. The minimum Gasteiger partial charge on any atom is -0.453 e. The molecule has 3 rings (SSSR count). The van der Waals surface area contributed by atoms with Crippen LogP contribution in [0, 0.1) is 0 Å². The lowest BCUT2D eigenvalue weighted by Gasteiger charge is -2.03. The smallest absolute Gasteiger partial charge is 0.358 e. The highest BCUT2D eigenvalue weighted by Gasteiger charge is 2.15. The minimum absolute atomic E-state index is 0.196.